The Morgan fingerprint density at radius 2 is 2.00 bits per heavy atom. The van der Waals surface area contributed by atoms with Crippen LogP contribution in [0.3, 0.4) is 0 Å². The van der Waals surface area contributed by atoms with E-state index in [1.54, 1.807) is 0 Å². The van der Waals surface area contributed by atoms with Crippen molar-refractivity contribution < 1.29 is 9.53 Å². The Morgan fingerprint density at radius 1 is 1.36 bits per heavy atom. The molecule has 1 amide bonds. The summed E-state index contributed by atoms with van der Waals surface area (Å²) in [4.78, 5) is 11.3. The summed E-state index contributed by atoms with van der Waals surface area (Å²) in [5.41, 5.74) is 0. The van der Waals surface area contributed by atoms with Crippen molar-refractivity contribution in [2.75, 3.05) is 6.61 Å². The Kier molecular flexibility index (Phi) is 4.77. The highest BCUT2D eigenvalue weighted by Crippen LogP contribution is 2.17. The van der Waals surface area contributed by atoms with Crippen LogP contribution in [0.25, 0.3) is 0 Å². The van der Waals surface area contributed by atoms with Gasteiger partial charge < -0.3 is 10.1 Å². The minimum atomic E-state index is -0.245. The maximum absolute atomic E-state index is 11.3. The van der Waals surface area contributed by atoms with E-state index in [9.17, 15) is 4.79 Å². The Morgan fingerprint density at radius 3 is 2.57 bits per heavy atom. The predicted octanol–water partition coefficient (Wildman–Crippen LogP) is 2.70. The molecule has 1 aliphatic rings. The van der Waals surface area contributed by atoms with Crippen LogP contribution in [0.15, 0.2) is 0 Å². The van der Waals surface area contributed by atoms with Crippen LogP contribution in [-0.4, -0.2) is 18.7 Å². The molecule has 0 radical (unpaired) electrons. The molecule has 0 saturated heterocycles. The van der Waals surface area contributed by atoms with Gasteiger partial charge in [-0.3, -0.25) is 0 Å². The second-order valence-corrected chi connectivity index (χ2v) is 4.47. The van der Waals surface area contributed by atoms with E-state index < -0.39 is 0 Å². The molecule has 0 bridgehead atoms. The number of nitrogens with one attached hydrogen (secondary N) is 1. The van der Waals surface area contributed by atoms with Gasteiger partial charge >= 0.3 is 6.09 Å². The second-order valence-electron chi connectivity index (χ2n) is 4.47. The summed E-state index contributed by atoms with van der Waals surface area (Å²) < 4.78 is 5.06. The molecule has 1 rings (SSSR count). The average molecular weight is 199 g/mol. The Balaban J connectivity index is 2.12. The fraction of sp³-hybridized carbons (Fsp3) is 0.909. The van der Waals surface area contributed by atoms with Crippen molar-refractivity contribution in [3.63, 3.8) is 0 Å². The van der Waals surface area contributed by atoms with Crippen LogP contribution in [0.1, 0.15) is 46.0 Å². The van der Waals surface area contributed by atoms with Gasteiger partial charge in [-0.05, 0) is 18.8 Å². The van der Waals surface area contributed by atoms with Crippen molar-refractivity contribution in [3.05, 3.63) is 0 Å². The highest BCUT2D eigenvalue weighted by atomic mass is 16.5. The second kappa shape index (κ2) is 5.89. The van der Waals surface area contributed by atoms with E-state index in [0.29, 0.717) is 18.6 Å². The van der Waals surface area contributed by atoms with Gasteiger partial charge in [0.2, 0.25) is 0 Å². The quantitative estimate of drug-likeness (QED) is 0.759. The zero-order valence-electron chi connectivity index (χ0n) is 9.21. The van der Waals surface area contributed by atoms with Gasteiger partial charge in [0.05, 0.1) is 6.61 Å². The van der Waals surface area contributed by atoms with Crippen molar-refractivity contribution in [1.29, 1.82) is 0 Å². The van der Waals surface area contributed by atoms with E-state index in [0.717, 1.165) is 12.8 Å². The molecule has 0 aliphatic heterocycles. The van der Waals surface area contributed by atoms with E-state index in [1.807, 2.05) is 13.8 Å². The maximum atomic E-state index is 11.3. The van der Waals surface area contributed by atoms with Crippen LogP contribution in [-0.2, 0) is 4.74 Å². The first-order valence-electron chi connectivity index (χ1n) is 5.62. The number of hydrogen-bond acceptors (Lipinski definition) is 2. The summed E-state index contributed by atoms with van der Waals surface area (Å²) in [5, 5.41) is 2.91. The SMILES string of the molecule is CC(C)COC(=O)NC1CCCCC1. The Labute approximate surface area is 86.2 Å². The van der Waals surface area contributed by atoms with Crippen LogP contribution < -0.4 is 5.32 Å². The summed E-state index contributed by atoms with van der Waals surface area (Å²) in [6, 6.07) is 0.350. The number of amides is 1. The lowest BCUT2D eigenvalue weighted by atomic mass is 9.96. The van der Waals surface area contributed by atoms with Gasteiger partial charge in [-0.25, -0.2) is 4.79 Å². The Bertz CT molecular complexity index is 174. The summed E-state index contributed by atoms with van der Waals surface area (Å²) in [5.74, 6) is 0.409. The molecule has 0 heterocycles. The topological polar surface area (TPSA) is 38.3 Å². The molecular formula is C11H21NO2. The van der Waals surface area contributed by atoms with Gasteiger partial charge in [0.1, 0.15) is 0 Å². The number of carbonyl (C=O) groups excluding carboxylic acids is 1. The fourth-order valence-electron chi connectivity index (χ4n) is 1.70. The molecule has 0 aromatic carbocycles. The molecule has 0 unspecified atom stereocenters. The summed E-state index contributed by atoms with van der Waals surface area (Å²) in [7, 11) is 0. The van der Waals surface area contributed by atoms with Gasteiger partial charge in [-0.1, -0.05) is 33.1 Å². The van der Waals surface area contributed by atoms with E-state index in [-0.39, 0.29) is 6.09 Å². The smallest absolute Gasteiger partial charge is 0.407 e. The molecule has 0 atom stereocenters. The predicted molar refractivity (Wildman–Crippen MR) is 56.2 cm³/mol. The largest absolute Gasteiger partial charge is 0.449 e. The van der Waals surface area contributed by atoms with E-state index in [1.165, 1.54) is 19.3 Å². The molecule has 3 nitrogen and oxygen atoms in total. The van der Waals surface area contributed by atoms with Crippen molar-refractivity contribution in [2.45, 2.75) is 52.0 Å². The van der Waals surface area contributed by atoms with E-state index >= 15 is 0 Å². The lowest BCUT2D eigenvalue weighted by Gasteiger charge is -2.22. The zero-order chi connectivity index (χ0) is 10.4. The molecule has 1 fully saturated rings. The van der Waals surface area contributed by atoms with Crippen LogP contribution in [0.2, 0.25) is 0 Å². The molecule has 0 spiro atoms. The molecule has 3 heteroatoms. The number of alkyl carbamates (subject to hydrolysis) is 1. The number of rotatable bonds is 3. The first-order chi connectivity index (χ1) is 6.68. The van der Waals surface area contributed by atoms with Crippen molar-refractivity contribution in [2.24, 2.45) is 5.92 Å². The van der Waals surface area contributed by atoms with Gasteiger partial charge in [-0.15, -0.1) is 0 Å². The van der Waals surface area contributed by atoms with Gasteiger partial charge in [0.25, 0.3) is 0 Å². The van der Waals surface area contributed by atoms with Crippen molar-refractivity contribution in [1.82, 2.24) is 5.32 Å². The first kappa shape index (κ1) is 11.3. The minimum Gasteiger partial charge on any atom is -0.449 e. The van der Waals surface area contributed by atoms with Gasteiger partial charge in [0.15, 0.2) is 0 Å². The number of ether oxygens (including phenoxy) is 1. The van der Waals surface area contributed by atoms with Crippen molar-refractivity contribution >= 4 is 6.09 Å². The third kappa shape index (κ3) is 4.49. The third-order valence-corrected chi connectivity index (χ3v) is 2.47. The van der Waals surface area contributed by atoms with Crippen LogP contribution in [0.4, 0.5) is 4.79 Å². The molecular weight excluding hydrogens is 178 g/mol. The standard InChI is InChI=1S/C11H21NO2/c1-9(2)8-14-11(13)12-10-6-4-3-5-7-10/h9-10H,3-8H2,1-2H3,(H,12,13). The zero-order valence-corrected chi connectivity index (χ0v) is 9.21. The molecule has 82 valence electrons. The lowest BCUT2D eigenvalue weighted by Crippen LogP contribution is -2.37. The molecule has 14 heavy (non-hydrogen) atoms. The first-order valence-corrected chi connectivity index (χ1v) is 5.62. The Hall–Kier alpha value is -0.730. The van der Waals surface area contributed by atoms with Crippen LogP contribution in [0, 0.1) is 5.92 Å². The number of hydrogen-bond donors (Lipinski definition) is 1. The fourth-order valence-corrected chi connectivity index (χ4v) is 1.70. The number of carbonyl (C=O) groups is 1. The minimum absolute atomic E-state index is 0.245. The van der Waals surface area contributed by atoms with Gasteiger partial charge in [-0.2, -0.15) is 0 Å². The highest BCUT2D eigenvalue weighted by molar-refractivity contribution is 5.67. The molecule has 1 saturated carbocycles. The summed E-state index contributed by atoms with van der Waals surface area (Å²) in [6.07, 6.45) is 5.74. The summed E-state index contributed by atoms with van der Waals surface area (Å²) in [6.45, 7) is 4.58. The van der Waals surface area contributed by atoms with Crippen LogP contribution in [0.5, 0.6) is 0 Å². The molecule has 0 aromatic heterocycles. The van der Waals surface area contributed by atoms with E-state index in [2.05, 4.69) is 5.32 Å². The third-order valence-electron chi connectivity index (χ3n) is 2.47. The lowest BCUT2D eigenvalue weighted by molar-refractivity contribution is 0.127. The van der Waals surface area contributed by atoms with Crippen LogP contribution >= 0.6 is 0 Å². The monoisotopic (exact) mass is 199 g/mol. The van der Waals surface area contributed by atoms with E-state index in [4.69, 9.17) is 4.74 Å². The van der Waals surface area contributed by atoms with Crippen molar-refractivity contribution in [3.8, 4) is 0 Å². The molecule has 0 aromatic rings. The summed E-state index contributed by atoms with van der Waals surface area (Å²) >= 11 is 0. The molecule has 1 aliphatic carbocycles. The molecule has 1 N–H and O–H groups in total. The normalized spacial score (nSPS) is 18.2. The average Bonchev–Trinajstić information content (AvgIpc) is 2.16. The maximum Gasteiger partial charge on any atom is 0.407 e. The highest BCUT2D eigenvalue weighted by Gasteiger charge is 2.16. The van der Waals surface area contributed by atoms with Gasteiger partial charge in [0, 0.05) is 6.04 Å².